The third kappa shape index (κ3) is 2.23. The lowest BCUT2D eigenvalue weighted by molar-refractivity contribution is -0.159. The zero-order valence-electron chi connectivity index (χ0n) is 16.2. The Morgan fingerprint density at radius 1 is 1.34 bits per heavy atom. The standard InChI is InChI=1S/C21H21FN4O3/c1-20-11-28-9-7-16(20)29-15-6-5-12(13-4-3-8-24-17(13)22)10-14(15)21(20)18(27)26(2)19(23)25-21/h3-6,8,10,16H,7,9,11H2,1-2H3,(H2,23,25)/t16-,20-,21+/m0/s1. The molecule has 2 N–H and O–H groups in total. The van der Waals surface area contributed by atoms with Crippen molar-refractivity contribution in [3.05, 3.63) is 48.0 Å². The highest BCUT2D eigenvalue weighted by Gasteiger charge is 2.67. The number of fused-ring (bicyclic) bond motifs is 4. The predicted molar refractivity (Wildman–Crippen MR) is 104 cm³/mol. The quantitative estimate of drug-likeness (QED) is 0.746. The molecule has 1 aromatic heterocycles. The number of amides is 1. The largest absolute Gasteiger partial charge is 0.489 e. The van der Waals surface area contributed by atoms with E-state index in [0.29, 0.717) is 42.1 Å². The van der Waals surface area contributed by atoms with Gasteiger partial charge in [0.1, 0.15) is 11.9 Å². The molecule has 3 aliphatic rings. The van der Waals surface area contributed by atoms with Crippen molar-refractivity contribution < 1.29 is 18.7 Å². The molecule has 0 unspecified atom stereocenters. The zero-order chi connectivity index (χ0) is 20.4. The zero-order valence-corrected chi connectivity index (χ0v) is 16.2. The number of pyridine rings is 1. The molecule has 8 heteroatoms. The van der Waals surface area contributed by atoms with Gasteiger partial charge < -0.3 is 15.2 Å². The van der Waals surface area contributed by atoms with Crippen LogP contribution in [-0.2, 0) is 15.1 Å². The predicted octanol–water partition coefficient (Wildman–Crippen LogP) is 2.06. The topological polar surface area (TPSA) is 90.0 Å². The molecule has 150 valence electrons. The number of hydrogen-bond acceptors (Lipinski definition) is 6. The summed E-state index contributed by atoms with van der Waals surface area (Å²) in [7, 11) is 1.61. The van der Waals surface area contributed by atoms with Crippen molar-refractivity contribution >= 4 is 11.9 Å². The van der Waals surface area contributed by atoms with Crippen molar-refractivity contribution in [2.24, 2.45) is 16.1 Å². The van der Waals surface area contributed by atoms with E-state index in [2.05, 4.69) is 4.98 Å². The maximum atomic E-state index is 14.3. The fourth-order valence-electron chi connectivity index (χ4n) is 4.75. The highest BCUT2D eigenvalue weighted by molar-refractivity contribution is 6.08. The van der Waals surface area contributed by atoms with Crippen LogP contribution in [0.3, 0.4) is 0 Å². The molecule has 3 atom stereocenters. The lowest BCUT2D eigenvalue weighted by atomic mass is 9.61. The van der Waals surface area contributed by atoms with E-state index >= 15 is 0 Å². The van der Waals surface area contributed by atoms with E-state index in [-0.39, 0.29) is 18.0 Å². The van der Waals surface area contributed by atoms with E-state index in [4.69, 9.17) is 20.2 Å². The Labute approximate surface area is 167 Å². The summed E-state index contributed by atoms with van der Waals surface area (Å²) >= 11 is 0. The maximum absolute atomic E-state index is 14.3. The number of guanidine groups is 1. The van der Waals surface area contributed by atoms with Gasteiger partial charge in [0, 0.05) is 30.8 Å². The number of nitrogens with zero attached hydrogens (tertiary/aromatic N) is 3. The number of likely N-dealkylation sites (N-methyl/N-ethyl adjacent to an activating group) is 1. The monoisotopic (exact) mass is 396 g/mol. The first-order valence-corrected chi connectivity index (χ1v) is 9.52. The van der Waals surface area contributed by atoms with Crippen LogP contribution in [0, 0.1) is 11.4 Å². The number of aromatic nitrogens is 1. The van der Waals surface area contributed by atoms with Crippen molar-refractivity contribution in [3.63, 3.8) is 0 Å². The summed E-state index contributed by atoms with van der Waals surface area (Å²) in [5.74, 6) is -0.114. The smallest absolute Gasteiger partial charge is 0.262 e. The molecule has 1 spiro atoms. The second kappa shape index (κ2) is 6.00. The Bertz CT molecular complexity index is 1060. The normalized spacial score (nSPS) is 30.6. The number of halogens is 1. The number of ether oxygens (including phenoxy) is 2. The molecule has 1 saturated heterocycles. The Kier molecular flexibility index (Phi) is 3.73. The summed E-state index contributed by atoms with van der Waals surface area (Å²) in [5.41, 5.74) is 5.54. The fraction of sp³-hybridized carbons (Fsp3) is 0.381. The molecule has 29 heavy (non-hydrogen) atoms. The van der Waals surface area contributed by atoms with Gasteiger partial charge >= 0.3 is 0 Å². The molecule has 7 nitrogen and oxygen atoms in total. The van der Waals surface area contributed by atoms with E-state index < -0.39 is 16.9 Å². The molecule has 0 aliphatic carbocycles. The Morgan fingerprint density at radius 3 is 2.90 bits per heavy atom. The number of carbonyl (C=O) groups excluding carboxylic acids is 1. The van der Waals surface area contributed by atoms with Crippen LogP contribution in [0.5, 0.6) is 5.75 Å². The third-order valence-corrected chi connectivity index (χ3v) is 6.41. The number of nitrogens with two attached hydrogens (primary N) is 1. The van der Waals surface area contributed by atoms with Gasteiger partial charge in [-0.15, -0.1) is 0 Å². The minimum atomic E-state index is -1.29. The number of benzene rings is 1. The van der Waals surface area contributed by atoms with Crippen LogP contribution in [0.1, 0.15) is 18.9 Å². The first kappa shape index (κ1) is 18.1. The number of carbonyl (C=O) groups is 1. The van der Waals surface area contributed by atoms with Crippen molar-refractivity contribution in [2.75, 3.05) is 20.3 Å². The minimum absolute atomic E-state index is 0.145. The summed E-state index contributed by atoms with van der Waals surface area (Å²) in [5, 5.41) is 0. The molecular weight excluding hydrogens is 375 g/mol. The molecule has 2 aromatic rings. The highest BCUT2D eigenvalue weighted by atomic mass is 19.1. The summed E-state index contributed by atoms with van der Waals surface area (Å²) in [4.78, 5) is 23.4. The van der Waals surface area contributed by atoms with Crippen LogP contribution >= 0.6 is 0 Å². The fourth-order valence-corrected chi connectivity index (χ4v) is 4.75. The Morgan fingerprint density at radius 2 is 2.17 bits per heavy atom. The van der Waals surface area contributed by atoms with Crippen LogP contribution in [-0.4, -0.2) is 48.1 Å². The van der Waals surface area contributed by atoms with Crippen LogP contribution in [0.25, 0.3) is 11.1 Å². The van der Waals surface area contributed by atoms with Gasteiger partial charge in [0.05, 0.1) is 18.6 Å². The molecular formula is C21H21FN4O3. The number of rotatable bonds is 1. The highest BCUT2D eigenvalue weighted by Crippen LogP contribution is 2.58. The van der Waals surface area contributed by atoms with Gasteiger partial charge in [0.15, 0.2) is 11.5 Å². The van der Waals surface area contributed by atoms with Crippen LogP contribution in [0.2, 0.25) is 0 Å². The Balaban J connectivity index is 1.78. The lowest BCUT2D eigenvalue weighted by Gasteiger charge is -2.53. The van der Waals surface area contributed by atoms with Crippen molar-refractivity contribution in [1.29, 1.82) is 0 Å². The molecule has 1 amide bonds. The SMILES string of the molecule is CN1C(=O)[C@]2(N=C1N)c1cc(-c3cccnc3F)ccc1O[C@H]1CCOC[C@@]12C. The molecule has 0 saturated carbocycles. The number of aliphatic imine (C=N–C) groups is 1. The van der Waals surface area contributed by atoms with E-state index in [9.17, 15) is 9.18 Å². The molecule has 5 rings (SSSR count). The maximum Gasteiger partial charge on any atom is 0.262 e. The number of hydrogen-bond donors (Lipinski definition) is 1. The summed E-state index contributed by atoms with van der Waals surface area (Å²) in [6.45, 7) is 2.80. The first-order chi connectivity index (χ1) is 13.9. The summed E-state index contributed by atoms with van der Waals surface area (Å²) < 4.78 is 26.4. The third-order valence-electron chi connectivity index (χ3n) is 6.41. The van der Waals surface area contributed by atoms with E-state index in [1.54, 1.807) is 37.4 Å². The minimum Gasteiger partial charge on any atom is -0.489 e. The summed E-state index contributed by atoms with van der Waals surface area (Å²) in [6.07, 6.45) is 1.79. The molecule has 0 radical (unpaired) electrons. The van der Waals surface area contributed by atoms with Gasteiger partial charge in [-0.05, 0) is 29.8 Å². The van der Waals surface area contributed by atoms with Gasteiger partial charge in [0.2, 0.25) is 5.95 Å². The van der Waals surface area contributed by atoms with Gasteiger partial charge in [0.25, 0.3) is 5.91 Å². The van der Waals surface area contributed by atoms with Gasteiger partial charge in [-0.3, -0.25) is 9.69 Å². The van der Waals surface area contributed by atoms with Gasteiger partial charge in [-0.25, -0.2) is 9.98 Å². The van der Waals surface area contributed by atoms with Crippen LogP contribution < -0.4 is 10.5 Å². The van der Waals surface area contributed by atoms with E-state index in [1.165, 1.54) is 11.1 Å². The molecule has 3 aliphatic heterocycles. The van der Waals surface area contributed by atoms with Gasteiger partial charge in [-0.1, -0.05) is 13.0 Å². The first-order valence-electron chi connectivity index (χ1n) is 9.52. The van der Waals surface area contributed by atoms with Gasteiger partial charge in [-0.2, -0.15) is 4.39 Å². The molecule has 0 bridgehead atoms. The molecule has 1 aromatic carbocycles. The Hall–Kier alpha value is -3.00. The van der Waals surface area contributed by atoms with E-state index in [1.807, 2.05) is 6.92 Å². The van der Waals surface area contributed by atoms with E-state index in [0.717, 1.165) is 0 Å². The van der Waals surface area contributed by atoms with Crippen molar-refractivity contribution in [2.45, 2.75) is 25.0 Å². The molecule has 4 heterocycles. The average molecular weight is 396 g/mol. The molecule has 1 fully saturated rings. The lowest BCUT2D eigenvalue weighted by Crippen LogP contribution is -2.63. The van der Waals surface area contributed by atoms with Crippen molar-refractivity contribution in [1.82, 2.24) is 9.88 Å². The van der Waals surface area contributed by atoms with Crippen LogP contribution in [0.4, 0.5) is 4.39 Å². The van der Waals surface area contributed by atoms with Crippen molar-refractivity contribution in [3.8, 4) is 16.9 Å². The second-order valence-corrected chi connectivity index (χ2v) is 7.96. The van der Waals surface area contributed by atoms with Crippen LogP contribution in [0.15, 0.2) is 41.5 Å². The summed E-state index contributed by atoms with van der Waals surface area (Å²) in [6, 6.07) is 8.62. The average Bonchev–Trinajstić information content (AvgIpc) is 2.95. The second-order valence-electron chi connectivity index (χ2n) is 7.96.